The molecule has 13 heteroatoms. The Hall–Kier alpha value is -3.61. The fraction of sp³-hybridized carbons (Fsp3) is 0.538. The minimum atomic E-state index is -4.29. The molecule has 0 aromatic heterocycles. The maximum Gasteiger partial charge on any atom is 0.405 e. The number of nitrogens with zero attached hydrogens (tertiary/aromatic N) is 1. The lowest BCUT2D eigenvalue weighted by Crippen LogP contribution is -2.57. The van der Waals surface area contributed by atoms with Crippen LogP contribution < -0.4 is 20.5 Å². The maximum atomic E-state index is 13.4. The Morgan fingerprint density at radius 1 is 1.10 bits per heavy atom. The van der Waals surface area contributed by atoms with Gasteiger partial charge in [0.05, 0.1) is 5.69 Å². The van der Waals surface area contributed by atoms with Crippen molar-refractivity contribution in [2.24, 2.45) is 11.7 Å². The van der Waals surface area contributed by atoms with Crippen LogP contribution in [0.3, 0.4) is 0 Å². The Balaban J connectivity index is 1.54. The molecule has 1 aliphatic carbocycles. The van der Waals surface area contributed by atoms with Crippen LogP contribution in [0.15, 0.2) is 36.4 Å². The molecule has 4 amide bonds. The summed E-state index contributed by atoms with van der Waals surface area (Å²) < 4.78 is 35.0. The fourth-order valence-corrected chi connectivity index (χ4v) is 6.11. The second kappa shape index (κ2) is 11.6. The lowest BCUT2D eigenvalue weighted by Gasteiger charge is -2.29. The third-order valence-electron chi connectivity index (χ3n) is 7.37. The lowest BCUT2D eigenvalue weighted by atomic mass is 10.1. The maximum absolute atomic E-state index is 13.4. The molecular formula is C26H35N5O7S. The van der Waals surface area contributed by atoms with E-state index in [1.165, 1.54) is 4.90 Å². The van der Waals surface area contributed by atoms with Crippen molar-refractivity contribution >= 4 is 39.7 Å². The molecule has 0 radical (unpaired) electrons. The van der Waals surface area contributed by atoms with Crippen LogP contribution in [0.5, 0.6) is 0 Å². The predicted octanol–water partition coefficient (Wildman–Crippen LogP) is 1.62. The van der Waals surface area contributed by atoms with Gasteiger partial charge in [-0.05, 0) is 64.0 Å². The lowest BCUT2D eigenvalue weighted by molar-refractivity contribution is -0.146. The second-order valence-corrected chi connectivity index (χ2v) is 11.8. The highest BCUT2D eigenvalue weighted by Gasteiger charge is 2.61. The topological polar surface area (TPSA) is 177 Å². The summed E-state index contributed by atoms with van der Waals surface area (Å²) >= 11 is 0. The van der Waals surface area contributed by atoms with E-state index in [0.29, 0.717) is 25.7 Å². The summed E-state index contributed by atoms with van der Waals surface area (Å²) in [4.78, 5) is 52.9. The number of nitrogens with two attached hydrogens (primary N) is 1. The Kier molecular flexibility index (Phi) is 8.48. The predicted molar refractivity (Wildman–Crippen MR) is 142 cm³/mol. The average molecular weight is 562 g/mol. The number of carbonyl (C=O) groups is 4. The molecule has 4 unspecified atom stereocenters. The van der Waals surface area contributed by atoms with Crippen LogP contribution in [-0.4, -0.2) is 61.4 Å². The van der Waals surface area contributed by atoms with E-state index in [2.05, 4.69) is 14.8 Å². The monoisotopic (exact) mass is 561 g/mol. The number of benzene rings is 1. The number of anilines is 1. The summed E-state index contributed by atoms with van der Waals surface area (Å²) in [6, 6.07) is 5.72. The molecule has 5 N–H and O–H groups in total. The molecule has 2 heterocycles. The van der Waals surface area contributed by atoms with Gasteiger partial charge < -0.3 is 20.7 Å². The highest BCUT2D eigenvalue weighted by Crippen LogP contribution is 2.45. The summed E-state index contributed by atoms with van der Waals surface area (Å²) in [5.74, 6) is -2.34. The molecule has 1 saturated carbocycles. The van der Waals surface area contributed by atoms with Crippen LogP contribution in [0.2, 0.25) is 0 Å². The zero-order valence-corrected chi connectivity index (χ0v) is 22.7. The average Bonchev–Trinajstić information content (AvgIpc) is 3.33. The molecule has 1 aromatic carbocycles. The molecule has 1 aromatic rings. The van der Waals surface area contributed by atoms with E-state index in [4.69, 9.17) is 10.5 Å². The zero-order valence-electron chi connectivity index (χ0n) is 21.9. The van der Waals surface area contributed by atoms with Gasteiger partial charge in [0, 0.05) is 12.5 Å². The van der Waals surface area contributed by atoms with E-state index >= 15 is 0 Å². The van der Waals surface area contributed by atoms with Gasteiger partial charge in [0.15, 0.2) is 6.10 Å². The van der Waals surface area contributed by atoms with Gasteiger partial charge in [-0.25, -0.2) is 9.52 Å². The first-order valence-electron chi connectivity index (χ1n) is 13.2. The third kappa shape index (κ3) is 6.88. The third-order valence-corrected chi connectivity index (χ3v) is 8.33. The smallest absolute Gasteiger partial charge is 0.405 e. The van der Waals surface area contributed by atoms with Crippen molar-refractivity contribution < 1.29 is 32.3 Å². The van der Waals surface area contributed by atoms with Crippen molar-refractivity contribution in [2.45, 2.75) is 76.0 Å². The SMILES string of the molecule is Cc1ccc(NS(=O)(=O)NC(=O)C23CC2/C=C\CCCCCC(OC(N)=O)C(=O)N2CCCC2C(=O)N3)cc1. The quantitative estimate of drug-likeness (QED) is 0.395. The first-order chi connectivity index (χ1) is 18.5. The number of carbonyl (C=O) groups excluding carboxylic acids is 4. The molecule has 39 heavy (non-hydrogen) atoms. The van der Waals surface area contributed by atoms with Crippen molar-refractivity contribution in [2.75, 3.05) is 11.3 Å². The highest BCUT2D eigenvalue weighted by atomic mass is 32.2. The van der Waals surface area contributed by atoms with Crippen molar-refractivity contribution in [3.05, 3.63) is 42.0 Å². The van der Waals surface area contributed by atoms with E-state index in [0.717, 1.165) is 18.4 Å². The number of rotatable bonds is 5. The summed E-state index contributed by atoms with van der Waals surface area (Å²) in [5.41, 5.74) is 4.94. The normalized spacial score (nSPS) is 28.5. The molecule has 3 aliphatic rings. The first-order valence-corrected chi connectivity index (χ1v) is 14.7. The number of fused-ring (bicyclic) bond motifs is 2. The standard InChI is InChI=1S/C26H35N5O7S/c1-17-11-13-19(14-12-17)29-39(36,37)30-24(34)26-16-18(26)8-5-3-2-4-6-10-21(38-25(27)35)23(33)31-15-7-9-20(31)22(32)28-26/h5,8,11-14,18,20-21,29H,2-4,6-7,9-10,15-16H2,1H3,(H2,27,35)(H,28,32)(H,30,34)/b8-5-. The van der Waals surface area contributed by atoms with Crippen LogP contribution in [-0.2, 0) is 29.3 Å². The van der Waals surface area contributed by atoms with E-state index in [9.17, 15) is 27.6 Å². The molecule has 0 bridgehead atoms. The molecular weight excluding hydrogens is 526 g/mol. The van der Waals surface area contributed by atoms with Gasteiger partial charge in [-0.15, -0.1) is 0 Å². The van der Waals surface area contributed by atoms with Crippen LogP contribution in [0.25, 0.3) is 0 Å². The molecule has 12 nitrogen and oxygen atoms in total. The Morgan fingerprint density at radius 3 is 2.56 bits per heavy atom. The van der Waals surface area contributed by atoms with Crippen LogP contribution in [0.1, 0.15) is 56.9 Å². The summed E-state index contributed by atoms with van der Waals surface area (Å²) in [6.45, 7) is 2.15. The Bertz CT molecular complexity index is 1250. The van der Waals surface area contributed by atoms with Gasteiger partial charge in [0.25, 0.3) is 11.8 Å². The number of allylic oxidation sites excluding steroid dienone is 1. The van der Waals surface area contributed by atoms with Crippen molar-refractivity contribution in [1.29, 1.82) is 0 Å². The fourth-order valence-electron chi connectivity index (χ4n) is 5.19. The molecule has 0 spiro atoms. The van der Waals surface area contributed by atoms with E-state index in [-0.39, 0.29) is 25.1 Å². The van der Waals surface area contributed by atoms with Gasteiger partial charge in [-0.3, -0.25) is 19.1 Å². The number of hydrogen-bond donors (Lipinski definition) is 4. The van der Waals surface area contributed by atoms with Gasteiger partial charge in [-0.2, -0.15) is 8.42 Å². The van der Waals surface area contributed by atoms with Gasteiger partial charge in [0.1, 0.15) is 11.6 Å². The second-order valence-electron chi connectivity index (χ2n) is 10.4. The molecule has 1 saturated heterocycles. The van der Waals surface area contributed by atoms with E-state index in [1.807, 2.05) is 19.1 Å². The van der Waals surface area contributed by atoms with Crippen LogP contribution in [0.4, 0.5) is 10.5 Å². The van der Waals surface area contributed by atoms with Crippen LogP contribution in [0, 0.1) is 12.8 Å². The number of primary amides is 1. The minimum absolute atomic E-state index is 0.217. The minimum Gasteiger partial charge on any atom is -0.436 e. The van der Waals surface area contributed by atoms with E-state index < -0.39 is 57.6 Å². The molecule has 4 atom stereocenters. The van der Waals surface area contributed by atoms with E-state index in [1.54, 1.807) is 24.3 Å². The van der Waals surface area contributed by atoms with Gasteiger partial charge in [-0.1, -0.05) is 36.3 Å². The number of hydrogen-bond acceptors (Lipinski definition) is 7. The first kappa shape index (κ1) is 28.4. The molecule has 4 rings (SSSR count). The Morgan fingerprint density at radius 2 is 1.85 bits per heavy atom. The summed E-state index contributed by atoms with van der Waals surface area (Å²) in [7, 11) is -4.29. The van der Waals surface area contributed by atoms with Crippen LogP contribution >= 0.6 is 0 Å². The molecule has 2 fully saturated rings. The number of nitrogens with one attached hydrogen (secondary N) is 3. The number of amides is 4. The van der Waals surface area contributed by atoms with Gasteiger partial charge >= 0.3 is 16.3 Å². The Labute approximate surface area is 227 Å². The van der Waals surface area contributed by atoms with Gasteiger partial charge in [0.2, 0.25) is 5.91 Å². The van der Waals surface area contributed by atoms with Crippen molar-refractivity contribution in [3.8, 4) is 0 Å². The zero-order chi connectivity index (χ0) is 28.2. The highest BCUT2D eigenvalue weighted by molar-refractivity contribution is 7.91. The molecule has 212 valence electrons. The van der Waals surface area contributed by atoms with Crippen molar-refractivity contribution in [3.63, 3.8) is 0 Å². The number of aryl methyl sites for hydroxylation is 1. The summed E-state index contributed by atoms with van der Waals surface area (Å²) in [5, 5.41) is 2.76. The summed E-state index contributed by atoms with van der Waals surface area (Å²) in [6.07, 6.45) is 5.88. The van der Waals surface area contributed by atoms with Crippen molar-refractivity contribution in [1.82, 2.24) is 14.9 Å². The largest absolute Gasteiger partial charge is 0.436 e. The molecule has 2 aliphatic heterocycles. The number of ether oxygens (including phenoxy) is 1.